The lowest BCUT2D eigenvalue weighted by molar-refractivity contribution is 0.0925. The van der Waals surface area contributed by atoms with Gasteiger partial charge in [0.2, 0.25) is 11.9 Å². The molecule has 2 heterocycles. The van der Waals surface area contributed by atoms with Crippen LogP contribution < -0.4 is 30.2 Å². The number of aromatic nitrogens is 3. The number of carbonyl (C=O) groups is 1. The highest BCUT2D eigenvalue weighted by molar-refractivity contribution is 5.97. The summed E-state index contributed by atoms with van der Waals surface area (Å²) in [5, 5.41) is 9.54. The lowest BCUT2D eigenvalue weighted by Gasteiger charge is -2.28. The quantitative estimate of drug-likeness (QED) is 0.379. The van der Waals surface area contributed by atoms with E-state index in [0.717, 1.165) is 30.7 Å². The second kappa shape index (κ2) is 14.0. The molecular formula is C30H41N7O4. The Kier molecular flexibility index (Phi) is 10.2. The van der Waals surface area contributed by atoms with Crippen LogP contribution in [0.5, 0.6) is 17.5 Å². The Balaban J connectivity index is 1.60. The van der Waals surface area contributed by atoms with Crippen molar-refractivity contribution in [3.05, 3.63) is 53.6 Å². The van der Waals surface area contributed by atoms with E-state index in [9.17, 15) is 4.79 Å². The van der Waals surface area contributed by atoms with Gasteiger partial charge in [0, 0.05) is 31.4 Å². The third-order valence-electron chi connectivity index (χ3n) is 6.26. The number of fused-ring (bicyclic) bond motifs is 6. The van der Waals surface area contributed by atoms with Crippen LogP contribution in [0.3, 0.4) is 0 Å². The predicted molar refractivity (Wildman–Crippen MR) is 159 cm³/mol. The Hall–Kier alpha value is -4.12. The van der Waals surface area contributed by atoms with Crippen molar-refractivity contribution in [3.8, 4) is 17.5 Å². The van der Waals surface area contributed by atoms with Crippen LogP contribution in [0, 0.1) is 5.41 Å². The number of benzene rings is 2. The lowest BCUT2D eigenvalue weighted by atomic mass is 9.93. The number of hydrogen-bond donors (Lipinski definition) is 3. The summed E-state index contributed by atoms with van der Waals surface area (Å²) in [4.78, 5) is 28.7. The molecule has 3 aromatic rings. The average molecular weight is 564 g/mol. The highest BCUT2D eigenvalue weighted by atomic mass is 16.5. The van der Waals surface area contributed by atoms with Crippen molar-refractivity contribution in [1.29, 1.82) is 0 Å². The smallest absolute Gasteiger partial charge is 0.323 e. The lowest BCUT2D eigenvalue weighted by Crippen LogP contribution is -2.40. The van der Waals surface area contributed by atoms with Crippen LogP contribution in [0.1, 0.15) is 49.5 Å². The summed E-state index contributed by atoms with van der Waals surface area (Å²) in [6, 6.07) is 13.5. The second-order valence-electron chi connectivity index (χ2n) is 11.0. The molecule has 0 aliphatic carbocycles. The van der Waals surface area contributed by atoms with Crippen molar-refractivity contribution in [2.75, 3.05) is 57.6 Å². The molecule has 4 rings (SSSR count). The molecule has 41 heavy (non-hydrogen) atoms. The predicted octanol–water partition coefficient (Wildman–Crippen LogP) is 4.50. The standard InChI is InChI=1S/C30H41N7O4/c1-6-39-29-35-27-31-18-21-10-9-11-23(16-21)40-14-7-8-15-41-25-17-22(33-28(34-27)36-29)12-13-24(25)26(38)32-19-30(2,3)20-37(4)5/h9-13,16-17H,6-8,14-15,18-20H2,1-5H3,(H,32,38)(H2,31,33,34,35,36). The number of anilines is 3. The molecule has 3 N–H and O–H groups in total. The van der Waals surface area contributed by atoms with E-state index >= 15 is 0 Å². The number of carbonyl (C=O) groups excluding carboxylic acids is 1. The van der Waals surface area contributed by atoms with E-state index in [2.05, 4.69) is 49.6 Å². The van der Waals surface area contributed by atoms with Crippen LogP contribution >= 0.6 is 0 Å². The average Bonchev–Trinajstić information content (AvgIpc) is 2.92. The third-order valence-corrected chi connectivity index (χ3v) is 6.26. The summed E-state index contributed by atoms with van der Waals surface area (Å²) in [7, 11) is 4.05. The van der Waals surface area contributed by atoms with Gasteiger partial charge in [-0.3, -0.25) is 4.79 Å². The zero-order valence-corrected chi connectivity index (χ0v) is 24.6. The van der Waals surface area contributed by atoms with Gasteiger partial charge in [0.1, 0.15) is 11.5 Å². The van der Waals surface area contributed by atoms with E-state index in [1.807, 2.05) is 51.4 Å². The summed E-state index contributed by atoms with van der Waals surface area (Å²) in [6.45, 7) is 9.41. The third kappa shape index (κ3) is 9.21. The monoisotopic (exact) mass is 563 g/mol. The van der Waals surface area contributed by atoms with E-state index in [4.69, 9.17) is 14.2 Å². The van der Waals surface area contributed by atoms with Crippen LogP contribution in [0.25, 0.3) is 0 Å². The Morgan fingerprint density at radius 3 is 2.61 bits per heavy atom. The van der Waals surface area contributed by atoms with Crippen molar-refractivity contribution in [2.45, 2.75) is 40.2 Å². The van der Waals surface area contributed by atoms with Crippen molar-refractivity contribution < 1.29 is 19.0 Å². The van der Waals surface area contributed by atoms with Gasteiger partial charge in [0.05, 0.1) is 25.4 Å². The summed E-state index contributed by atoms with van der Waals surface area (Å²) < 4.78 is 17.7. The van der Waals surface area contributed by atoms with Gasteiger partial charge < -0.3 is 35.1 Å². The van der Waals surface area contributed by atoms with E-state index in [0.29, 0.717) is 61.8 Å². The molecule has 0 spiro atoms. The Bertz CT molecular complexity index is 1320. The molecule has 2 aromatic carbocycles. The zero-order valence-electron chi connectivity index (χ0n) is 24.6. The first-order chi connectivity index (χ1) is 19.7. The number of hydrogen-bond acceptors (Lipinski definition) is 10. The minimum Gasteiger partial charge on any atom is -0.494 e. The van der Waals surface area contributed by atoms with Gasteiger partial charge in [-0.2, -0.15) is 15.0 Å². The molecule has 0 saturated carbocycles. The van der Waals surface area contributed by atoms with Crippen molar-refractivity contribution >= 4 is 23.5 Å². The molecule has 1 aliphatic rings. The molecule has 0 saturated heterocycles. The van der Waals surface area contributed by atoms with Crippen molar-refractivity contribution in [1.82, 2.24) is 25.2 Å². The summed E-state index contributed by atoms with van der Waals surface area (Å²) >= 11 is 0. The maximum atomic E-state index is 13.3. The molecule has 0 fully saturated rings. The SMILES string of the molecule is CCOc1nc2nc(n1)Nc1ccc(C(=O)NCC(C)(C)CN(C)C)c(c1)OCCCCOc1cccc(c1)CN2. The molecule has 0 atom stereocenters. The van der Waals surface area contributed by atoms with Crippen LogP contribution in [0.15, 0.2) is 42.5 Å². The van der Waals surface area contributed by atoms with Gasteiger partial charge in [0.15, 0.2) is 0 Å². The molecule has 6 bridgehead atoms. The van der Waals surface area contributed by atoms with E-state index in [-0.39, 0.29) is 17.3 Å². The summed E-state index contributed by atoms with van der Waals surface area (Å²) in [6.07, 6.45) is 1.58. The Morgan fingerprint density at radius 2 is 1.83 bits per heavy atom. The molecule has 11 heteroatoms. The number of ether oxygens (including phenoxy) is 3. The molecule has 11 nitrogen and oxygen atoms in total. The van der Waals surface area contributed by atoms with Crippen LogP contribution in [0.2, 0.25) is 0 Å². The highest BCUT2D eigenvalue weighted by Crippen LogP contribution is 2.27. The zero-order chi connectivity index (χ0) is 29.2. The molecule has 1 aromatic heterocycles. The number of nitrogens with zero attached hydrogens (tertiary/aromatic N) is 4. The molecule has 0 radical (unpaired) electrons. The van der Waals surface area contributed by atoms with Crippen LogP contribution in [-0.2, 0) is 6.54 Å². The van der Waals surface area contributed by atoms with E-state index in [1.165, 1.54) is 0 Å². The van der Waals surface area contributed by atoms with Gasteiger partial charge >= 0.3 is 6.01 Å². The molecular weight excluding hydrogens is 522 g/mol. The maximum absolute atomic E-state index is 13.3. The molecule has 220 valence electrons. The topological polar surface area (TPSA) is 123 Å². The molecule has 1 aliphatic heterocycles. The van der Waals surface area contributed by atoms with Gasteiger partial charge in [-0.25, -0.2) is 0 Å². The van der Waals surface area contributed by atoms with E-state index in [1.54, 1.807) is 12.1 Å². The second-order valence-corrected chi connectivity index (χ2v) is 11.0. The van der Waals surface area contributed by atoms with Gasteiger partial charge in [0.25, 0.3) is 5.91 Å². The first-order valence-corrected chi connectivity index (χ1v) is 14.0. The van der Waals surface area contributed by atoms with Crippen molar-refractivity contribution in [2.24, 2.45) is 5.41 Å². The summed E-state index contributed by atoms with van der Waals surface area (Å²) in [5.41, 5.74) is 2.07. The maximum Gasteiger partial charge on any atom is 0.323 e. The fourth-order valence-electron chi connectivity index (χ4n) is 4.55. The van der Waals surface area contributed by atoms with Crippen LogP contribution in [0.4, 0.5) is 17.6 Å². The van der Waals surface area contributed by atoms with Gasteiger partial charge in [-0.15, -0.1) is 0 Å². The fourth-order valence-corrected chi connectivity index (χ4v) is 4.55. The van der Waals surface area contributed by atoms with Gasteiger partial charge in [-0.05, 0) is 69.1 Å². The van der Waals surface area contributed by atoms with E-state index < -0.39 is 0 Å². The summed E-state index contributed by atoms with van der Waals surface area (Å²) in [5.74, 6) is 1.76. The molecule has 1 amide bonds. The fraction of sp³-hybridized carbons (Fsp3) is 0.467. The largest absolute Gasteiger partial charge is 0.494 e. The van der Waals surface area contributed by atoms with Crippen molar-refractivity contribution in [3.63, 3.8) is 0 Å². The number of nitrogens with one attached hydrogen (secondary N) is 3. The Labute approximate surface area is 242 Å². The number of amides is 1. The normalized spacial score (nSPS) is 13.9. The first kappa shape index (κ1) is 29.9. The van der Waals surface area contributed by atoms with Crippen LogP contribution in [-0.4, -0.2) is 72.8 Å². The first-order valence-electron chi connectivity index (χ1n) is 14.0. The van der Waals surface area contributed by atoms with Gasteiger partial charge in [-0.1, -0.05) is 26.0 Å². The molecule has 0 unspecified atom stereocenters. The Morgan fingerprint density at radius 1 is 1.05 bits per heavy atom. The minimum atomic E-state index is -0.186. The minimum absolute atomic E-state index is 0.0908. The highest BCUT2D eigenvalue weighted by Gasteiger charge is 2.22. The number of rotatable bonds is 7.